The second-order valence-corrected chi connectivity index (χ2v) is 8.05. The topological polar surface area (TPSA) is 94.0 Å². The van der Waals surface area contributed by atoms with Crippen LogP contribution in [0.15, 0.2) is 47.6 Å². The molecule has 3 aromatic rings. The summed E-state index contributed by atoms with van der Waals surface area (Å²) >= 11 is 5.58. The second-order valence-electron chi connectivity index (χ2n) is 5.97. The van der Waals surface area contributed by atoms with Crippen molar-refractivity contribution in [3.63, 3.8) is 0 Å². The number of amides is 1. The van der Waals surface area contributed by atoms with Gasteiger partial charge in [-0.15, -0.1) is 0 Å². The van der Waals surface area contributed by atoms with Gasteiger partial charge in [0.2, 0.25) is 0 Å². The van der Waals surface area contributed by atoms with Crippen LogP contribution in [0.5, 0.6) is 0 Å². The average Bonchev–Trinajstić information content (AvgIpc) is 3.02. The molecule has 0 fully saturated rings. The Kier molecular flexibility index (Phi) is 5.56. The molecule has 0 saturated carbocycles. The third-order valence-electron chi connectivity index (χ3n) is 3.96. The van der Waals surface area contributed by atoms with Gasteiger partial charge < -0.3 is 0 Å². The molecule has 13 heteroatoms. The van der Waals surface area contributed by atoms with Crippen molar-refractivity contribution in [1.29, 1.82) is 0 Å². The number of benzene rings is 1. The van der Waals surface area contributed by atoms with Gasteiger partial charge in [-0.1, -0.05) is 11.6 Å². The molecule has 1 N–H and O–H groups in total. The zero-order valence-corrected chi connectivity index (χ0v) is 16.5. The van der Waals surface area contributed by atoms with Crippen molar-refractivity contribution in [1.82, 2.24) is 19.5 Å². The average molecular weight is 463 g/mol. The van der Waals surface area contributed by atoms with E-state index in [9.17, 15) is 30.8 Å². The molecule has 7 nitrogen and oxygen atoms in total. The fourth-order valence-electron chi connectivity index (χ4n) is 2.47. The van der Waals surface area contributed by atoms with Crippen molar-refractivity contribution in [2.45, 2.75) is 18.0 Å². The van der Waals surface area contributed by atoms with E-state index in [2.05, 4.69) is 10.1 Å². The third kappa shape index (κ3) is 4.28. The zero-order valence-electron chi connectivity index (χ0n) is 14.9. The lowest BCUT2D eigenvalue weighted by molar-refractivity contribution is -0.137. The van der Waals surface area contributed by atoms with Gasteiger partial charge >= 0.3 is 6.18 Å². The lowest BCUT2D eigenvalue weighted by atomic mass is 10.2. The molecular formula is C17H11ClF4N4O3S. The summed E-state index contributed by atoms with van der Waals surface area (Å²) in [5.74, 6) is -2.28. The highest BCUT2D eigenvalue weighted by atomic mass is 35.5. The number of aromatic nitrogens is 3. The minimum atomic E-state index is -4.57. The van der Waals surface area contributed by atoms with Gasteiger partial charge in [-0.25, -0.2) is 27.2 Å². The van der Waals surface area contributed by atoms with E-state index in [4.69, 9.17) is 11.6 Å². The molecule has 0 atom stereocenters. The highest BCUT2D eigenvalue weighted by Gasteiger charge is 2.31. The predicted octanol–water partition coefficient (Wildman–Crippen LogP) is 3.51. The number of sulfonamides is 1. The maximum Gasteiger partial charge on any atom is 0.417 e. The number of alkyl halides is 3. The number of hydrogen-bond donors (Lipinski definition) is 1. The van der Waals surface area contributed by atoms with Gasteiger partial charge in [-0.3, -0.25) is 4.79 Å². The summed E-state index contributed by atoms with van der Waals surface area (Å²) in [6, 6.07) is 4.65. The van der Waals surface area contributed by atoms with Crippen LogP contribution in [-0.2, 0) is 16.2 Å². The van der Waals surface area contributed by atoms with Crippen LogP contribution in [0.2, 0.25) is 5.02 Å². The number of pyridine rings is 1. The molecule has 2 aromatic heterocycles. The molecule has 0 aliphatic carbocycles. The smallest absolute Gasteiger partial charge is 0.268 e. The first-order valence-electron chi connectivity index (χ1n) is 8.00. The summed E-state index contributed by atoms with van der Waals surface area (Å²) < 4.78 is 79.2. The number of hydrogen-bond acceptors (Lipinski definition) is 5. The molecule has 3 rings (SSSR count). The highest BCUT2D eigenvalue weighted by molar-refractivity contribution is 7.90. The third-order valence-corrected chi connectivity index (χ3v) is 5.56. The molecule has 0 bridgehead atoms. The van der Waals surface area contributed by atoms with Gasteiger partial charge in [0.25, 0.3) is 15.9 Å². The van der Waals surface area contributed by atoms with Gasteiger partial charge in [-0.2, -0.15) is 18.3 Å². The molecule has 0 radical (unpaired) electrons. The Balaban J connectivity index is 1.87. The second kappa shape index (κ2) is 7.69. The molecule has 0 saturated heterocycles. The number of rotatable bonds is 4. The minimum Gasteiger partial charge on any atom is -0.268 e. The quantitative estimate of drug-likeness (QED) is 0.599. The zero-order chi connectivity index (χ0) is 22.3. The van der Waals surface area contributed by atoms with Crippen molar-refractivity contribution in [3.8, 4) is 5.82 Å². The molecule has 2 heterocycles. The first-order valence-corrected chi connectivity index (χ1v) is 9.87. The Bertz CT molecular complexity index is 1220. The molecule has 158 valence electrons. The van der Waals surface area contributed by atoms with Crippen molar-refractivity contribution in [3.05, 3.63) is 70.4 Å². The van der Waals surface area contributed by atoms with E-state index in [0.29, 0.717) is 6.20 Å². The SMILES string of the molecule is Cc1c(C(=O)NS(=O)(=O)c2ccc(Cl)cc2F)cnn1-c1ccc(C(F)(F)F)cn1. The number of halogens is 5. The van der Waals surface area contributed by atoms with Crippen LogP contribution in [0.25, 0.3) is 5.82 Å². The summed E-state index contributed by atoms with van der Waals surface area (Å²) in [5.41, 5.74) is -1.06. The summed E-state index contributed by atoms with van der Waals surface area (Å²) in [6.45, 7) is 1.39. The van der Waals surface area contributed by atoms with E-state index >= 15 is 0 Å². The fraction of sp³-hybridized carbons (Fsp3) is 0.118. The molecule has 0 spiro atoms. The molecular weight excluding hydrogens is 452 g/mol. The number of nitrogens with one attached hydrogen (secondary N) is 1. The van der Waals surface area contributed by atoms with E-state index in [-0.39, 0.29) is 22.1 Å². The number of carbonyl (C=O) groups excluding carboxylic acids is 1. The van der Waals surface area contributed by atoms with Crippen LogP contribution in [0.1, 0.15) is 21.6 Å². The van der Waals surface area contributed by atoms with E-state index in [0.717, 1.165) is 41.2 Å². The van der Waals surface area contributed by atoms with Crippen LogP contribution < -0.4 is 4.72 Å². The Morgan fingerprint density at radius 1 is 1.17 bits per heavy atom. The highest BCUT2D eigenvalue weighted by Crippen LogP contribution is 2.29. The first kappa shape index (κ1) is 21.7. The summed E-state index contributed by atoms with van der Waals surface area (Å²) in [6.07, 6.45) is -2.96. The van der Waals surface area contributed by atoms with Gasteiger partial charge in [-0.05, 0) is 37.3 Å². The molecule has 0 unspecified atom stereocenters. The Labute approximate surface area is 172 Å². The van der Waals surface area contributed by atoms with Gasteiger partial charge in [0.15, 0.2) is 5.82 Å². The van der Waals surface area contributed by atoms with Crippen molar-refractivity contribution >= 4 is 27.5 Å². The summed E-state index contributed by atoms with van der Waals surface area (Å²) in [5, 5.41) is 3.83. The van der Waals surface area contributed by atoms with E-state index < -0.39 is 38.4 Å². The van der Waals surface area contributed by atoms with Crippen molar-refractivity contribution in [2.24, 2.45) is 0 Å². The summed E-state index contributed by atoms with van der Waals surface area (Å²) in [7, 11) is -4.56. The largest absolute Gasteiger partial charge is 0.417 e. The number of carbonyl (C=O) groups is 1. The van der Waals surface area contributed by atoms with Crippen LogP contribution in [0, 0.1) is 12.7 Å². The maximum absolute atomic E-state index is 13.9. The van der Waals surface area contributed by atoms with Crippen molar-refractivity contribution in [2.75, 3.05) is 0 Å². The standard InChI is InChI=1S/C17H11ClF4N4O3S/c1-9-12(8-24-26(9)15-5-2-10(7-23-15)17(20,21)22)16(27)25-30(28,29)14-4-3-11(18)6-13(14)19/h2-8H,1H3,(H,25,27). The van der Waals surface area contributed by atoms with E-state index in [1.54, 1.807) is 4.72 Å². The lowest BCUT2D eigenvalue weighted by Gasteiger charge is -2.09. The van der Waals surface area contributed by atoms with Crippen molar-refractivity contribution < 1.29 is 30.8 Å². The van der Waals surface area contributed by atoms with Crippen LogP contribution >= 0.6 is 11.6 Å². The van der Waals surface area contributed by atoms with Gasteiger partial charge in [0, 0.05) is 11.2 Å². The molecule has 1 amide bonds. The first-order chi connectivity index (χ1) is 13.9. The van der Waals surface area contributed by atoms with Crippen LogP contribution in [0.3, 0.4) is 0 Å². The Morgan fingerprint density at radius 2 is 1.87 bits per heavy atom. The molecule has 0 aliphatic heterocycles. The van der Waals surface area contributed by atoms with Gasteiger partial charge in [0.1, 0.15) is 10.7 Å². The number of nitrogens with zero attached hydrogens (tertiary/aromatic N) is 3. The van der Waals surface area contributed by atoms with Crippen LogP contribution in [-0.4, -0.2) is 29.1 Å². The minimum absolute atomic E-state index is 0.0221. The van der Waals surface area contributed by atoms with E-state index in [1.165, 1.54) is 6.92 Å². The lowest BCUT2D eigenvalue weighted by Crippen LogP contribution is -2.31. The van der Waals surface area contributed by atoms with E-state index in [1.807, 2.05) is 0 Å². The summed E-state index contributed by atoms with van der Waals surface area (Å²) in [4.78, 5) is 15.3. The van der Waals surface area contributed by atoms with Gasteiger partial charge in [0.05, 0.1) is 23.0 Å². The maximum atomic E-state index is 13.9. The molecule has 1 aromatic carbocycles. The Morgan fingerprint density at radius 3 is 2.43 bits per heavy atom. The molecule has 0 aliphatic rings. The fourth-order valence-corrected chi connectivity index (χ4v) is 3.65. The predicted molar refractivity (Wildman–Crippen MR) is 97.2 cm³/mol. The monoisotopic (exact) mass is 462 g/mol. The Hall–Kier alpha value is -2.99. The normalized spacial score (nSPS) is 12.1. The van der Waals surface area contributed by atoms with Crippen LogP contribution in [0.4, 0.5) is 17.6 Å². The molecule has 30 heavy (non-hydrogen) atoms.